The van der Waals surface area contributed by atoms with Crippen LogP contribution in [-0.2, 0) is 9.53 Å². The number of methoxy groups -OCH3 is 1. The Balaban J connectivity index is 2.76. The Morgan fingerprint density at radius 1 is 1.31 bits per heavy atom. The first-order valence-electron chi connectivity index (χ1n) is 5.29. The highest BCUT2D eigenvalue weighted by atomic mass is 16.5. The summed E-state index contributed by atoms with van der Waals surface area (Å²) in [4.78, 5) is 11.5. The number of benzene rings is 1. The van der Waals surface area contributed by atoms with Crippen LogP contribution in [0.4, 0.5) is 0 Å². The van der Waals surface area contributed by atoms with Crippen molar-refractivity contribution in [1.29, 1.82) is 0 Å². The number of esters is 1. The minimum Gasteiger partial charge on any atom is -0.469 e. The van der Waals surface area contributed by atoms with E-state index in [-0.39, 0.29) is 5.97 Å². The Hall–Kier alpha value is -1.57. The first kappa shape index (κ1) is 12.5. The van der Waals surface area contributed by atoms with Gasteiger partial charge in [0.2, 0.25) is 0 Å². The van der Waals surface area contributed by atoms with Gasteiger partial charge in [-0.25, -0.2) is 0 Å². The minimum atomic E-state index is -0.526. The van der Waals surface area contributed by atoms with Crippen molar-refractivity contribution in [2.45, 2.75) is 20.3 Å². The predicted octanol–water partition coefficient (Wildman–Crippen LogP) is 3.29. The molecule has 0 amide bonds. The third kappa shape index (κ3) is 2.96. The Morgan fingerprint density at radius 3 is 2.38 bits per heavy atom. The number of carbonyl (C=O) groups is 1. The average molecular weight is 218 g/mol. The van der Waals surface area contributed by atoms with Gasteiger partial charge in [0.15, 0.2) is 0 Å². The van der Waals surface area contributed by atoms with E-state index in [1.54, 1.807) is 0 Å². The van der Waals surface area contributed by atoms with Crippen LogP contribution >= 0.6 is 0 Å². The number of ether oxygens (including phenoxy) is 1. The largest absolute Gasteiger partial charge is 0.469 e. The lowest BCUT2D eigenvalue weighted by molar-refractivity contribution is -0.150. The molecule has 86 valence electrons. The van der Waals surface area contributed by atoms with Crippen LogP contribution in [-0.4, -0.2) is 13.1 Å². The molecule has 0 atom stereocenters. The van der Waals surface area contributed by atoms with Crippen LogP contribution in [0.25, 0.3) is 5.57 Å². The zero-order valence-corrected chi connectivity index (χ0v) is 10.1. The maximum absolute atomic E-state index is 11.5. The molecule has 0 radical (unpaired) electrons. The lowest BCUT2D eigenvalue weighted by Crippen LogP contribution is -2.25. The maximum Gasteiger partial charge on any atom is 0.311 e. The van der Waals surface area contributed by atoms with Crippen LogP contribution in [0.15, 0.2) is 36.9 Å². The maximum atomic E-state index is 11.5. The van der Waals surface area contributed by atoms with Crippen LogP contribution in [0, 0.1) is 5.41 Å². The van der Waals surface area contributed by atoms with Gasteiger partial charge < -0.3 is 4.74 Å². The van der Waals surface area contributed by atoms with E-state index in [4.69, 9.17) is 4.74 Å². The SMILES string of the molecule is C=C(CC(C)(C)C(=O)OC)c1ccccc1. The lowest BCUT2D eigenvalue weighted by Gasteiger charge is -2.22. The molecule has 1 aromatic rings. The van der Waals surface area contributed by atoms with E-state index in [1.807, 2.05) is 44.2 Å². The fourth-order valence-electron chi connectivity index (χ4n) is 1.66. The predicted molar refractivity (Wildman–Crippen MR) is 65.9 cm³/mol. The second kappa shape index (κ2) is 4.97. The molecule has 1 aromatic carbocycles. The van der Waals surface area contributed by atoms with Gasteiger partial charge in [-0.05, 0) is 31.4 Å². The fourth-order valence-corrected chi connectivity index (χ4v) is 1.66. The van der Waals surface area contributed by atoms with Gasteiger partial charge in [0, 0.05) is 0 Å². The number of hydrogen-bond donors (Lipinski definition) is 0. The average Bonchev–Trinajstić information content (AvgIpc) is 2.28. The van der Waals surface area contributed by atoms with Crippen molar-refractivity contribution >= 4 is 11.5 Å². The second-order valence-electron chi connectivity index (χ2n) is 4.52. The Bertz CT molecular complexity index is 377. The van der Waals surface area contributed by atoms with Gasteiger partial charge in [0.05, 0.1) is 12.5 Å². The molecule has 0 fully saturated rings. The zero-order valence-electron chi connectivity index (χ0n) is 10.1. The van der Waals surface area contributed by atoms with Gasteiger partial charge in [-0.3, -0.25) is 4.79 Å². The van der Waals surface area contributed by atoms with Gasteiger partial charge in [-0.15, -0.1) is 0 Å². The smallest absolute Gasteiger partial charge is 0.311 e. The Morgan fingerprint density at radius 2 is 1.88 bits per heavy atom. The summed E-state index contributed by atoms with van der Waals surface area (Å²) in [5.41, 5.74) is 1.50. The van der Waals surface area contributed by atoms with E-state index >= 15 is 0 Å². The molecule has 0 saturated carbocycles. The fraction of sp³-hybridized carbons (Fsp3) is 0.357. The summed E-state index contributed by atoms with van der Waals surface area (Å²) < 4.78 is 4.77. The van der Waals surface area contributed by atoms with Crippen LogP contribution in [0.5, 0.6) is 0 Å². The molecule has 0 spiro atoms. The molecule has 1 rings (SSSR count). The zero-order chi connectivity index (χ0) is 12.2. The van der Waals surface area contributed by atoms with Crippen LogP contribution < -0.4 is 0 Å². The van der Waals surface area contributed by atoms with Gasteiger partial charge in [-0.1, -0.05) is 36.9 Å². The van der Waals surface area contributed by atoms with E-state index in [1.165, 1.54) is 7.11 Å². The summed E-state index contributed by atoms with van der Waals surface area (Å²) in [6.07, 6.45) is 0.601. The Labute approximate surface area is 96.9 Å². The van der Waals surface area contributed by atoms with Crippen molar-refractivity contribution < 1.29 is 9.53 Å². The summed E-state index contributed by atoms with van der Waals surface area (Å²) in [5, 5.41) is 0. The van der Waals surface area contributed by atoms with E-state index in [0.717, 1.165) is 11.1 Å². The summed E-state index contributed by atoms with van der Waals surface area (Å²) in [6, 6.07) is 9.88. The molecule has 2 heteroatoms. The van der Waals surface area contributed by atoms with Gasteiger partial charge in [0.25, 0.3) is 0 Å². The van der Waals surface area contributed by atoms with Gasteiger partial charge >= 0.3 is 5.97 Å². The molecule has 0 N–H and O–H groups in total. The summed E-state index contributed by atoms with van der Waals surface area (Å²) >= 11 is 0. The summed E-state index contributed by atoms with van der Waals surface area (Å²) in [5.74, 6) is -0.204. The third-order valence-electron chi connectivity index (χ3n) is 2.58. The molecule has 2 nitrogen and oxygen atoms in total. The van der Waals surface area contributed by atoms with Gasteiger partial charge in [0.1, 0.15) is 0 Å². The molecule has 0 unspecified atom stereocenters. The number of rotatable bonds is 4. The topological polar surface area (TPSA) is 26.3 Å². The van der Waals surface area contributed by atoms with Crippen LogP contribution in [0.3, 0.4) is 0 Å². The lowest BCUT2D eigenvalue weighted by atomic mass is 9.84. The third-order valence-corrected chi connectivity index (χ3v) is 2.58. The number of carbonyl (C=O) groups excluding carboxylic acids is 1. The highest BCUT2D eigenvalue weighted by Crippen LogP contribution is 2.30. The highest BCUT2D eigenvalue weighted by Gasteiger charge is 2.29. The quantitative estimate of drug-likeness (QED) is 0.725. The first-order chi connectivity index (χ1) is 7.47. The molecule has 0 saturated heterocycles. The van der Waals surface area contributed by atoms with E-state index in [9.17, 15) is 4.79 Å². The normalized spacial score (nSPS) is 10.9. The first-order valence-corrected chi connectivity index (χ1v) is 5.29. The van der Waals surface area contributed by atoms with Crippen molar-refractivity contribution in [2.75, 3.05) is 7.11 Å². The molecular weight excluding hydrogens is 200 g/mol. The summed E-state index contributed by atoms with van der Waals surface area (Å²) in [6.45, 7) is 7.76. The highest BCUT2D eigenvalue weighted by molar-refractivity contribution is 5.79. The molecule has 0 aliphatic carbocycles. The summed E-state index contributed by atoms with van der Waals surface area (Å²) in [7, 11) is 1.41. The Kier molecular flexibility index (Phi) is 3.88. The van der Waals surface area contributed by atoms with E-state index in [2.05, 4.69) is 6.58 Å². The van der Waals surface area contributed by atoms with Crippen molar-refractivity contribution in [3.8, 4) is 0 Å². The number of allylic oxidation sites excluding steroid dienone is 1. The van der Waals surface area contributed by atoms with E-state index < -0.39 is 5.41 Å². The second-order valence-corrected chi connectivity index (χ2v) is 4.52. The molecule has 0 heterocycles. The molecular formula is C14H18O2. The molecule has 0 aromatic heterocycles. The molecule has 16 heavy (non-hydrogen) atoms. The van der Waals surface area contributed by atoms with Crippen LogP contribution in [0.2, 0.25) is 0 Å². The molecule has 0 aliphatic rings. The van der Waals surface area contributed by atoms with Crippen LogP contribution in [0.1, 0.15) is 25.8 Å². The number of hydrogen-bond acceptors (Lipinski definition) is 2. The standard InChI is InChI=1S/C14H18O2/c1-11(12-8-6-5-7-9-12)10-14(2,3)13(15)16-4/h5-9H,1,10H2,2-4H3. The van der Waals surface area contributed by atoms with E-state index in [0.29, 0.717) is 6.42 Å². The molecule has 0 bridgehead atoms. The van der Waals surface area contributed by atoms with Gasteiger partial charge in [-0.2, -0.15) is 0 Å². The van der Waals surface area contributed by atoms with Crippen molar-refractivity contribution in [1.82, 2.24) is 0 Å². The van der Waals surface area contributed by atoms with Crippen molar-refractivity contribution in [3.05, 3.63) is 42.5 Å². The minimum absolute atomic E-state index is 0.204. The van der Waals surface area contributed by atoms with Crippen molar-refractivity contribution in [2.24, 2.45) is 5.41 Å². The molecule has 0 aliphatic heterocycles. The van der Waals surface area contributed by atoms with Crippen molar-refractivity contribution in [3.63, 3.8) is 0 Å². The monoisotopic (exact) mass is 218 g/mol.